The number of pyridine rings is 1. The number of aromatic nitrogens is 2. The maximum atomic E-state index is 13.2. The van der Waals surface area contributed by atoms with Crippen LogP contribution in [0.5, 0.6) is 0 Å². The van der Waals surface area contributed by atoms with Gasteiger partial charge < -0.3 is 14.9 Å². The van der Waals surface area contributed by atoms with Gasteiger partial charge in [0, 0.05) is 19.3 Å². The van der Waals surface area contributed by atoms with Gasteiger partial charge in [-0.1, -0.05) is 6.07 Å². The summed E-state index contributed by atoms with van der Waals surface area (Å²) in [5, 5.41) is 11.3. The summed E-state index contributed by atoms with van der Waals surface area (Å²) >= 11 is 1.26. The zero-order valence-electron chi connectivity index (χ0n) is 15.8. The van der Waals surface area contributed by atoms with Gasteiger partial charge in [0.2, 0.25) is 5.78 Å². The predicted molar refractivity (Wildman–Crippen MR) is 103 cm³/mol. The number of hydrogen-bond acceptors (Lipinski definition) is 7. The minimum Gasteiger partial charge on any atom is -0.503 e. The molecule has 3 rings (SSSR count). The second-order valence-corrected chi connectivity index (χ2v) is 7.90. The van der Waals surface area contributed by atoms with E-state index in [9.17, 15) is 14.7 Å². The molecule has 8 heteroatoms. The van der Waals surface area contributed by atoms with Crippen LogP contribution in [0.25, 0.3) is 0 Å². The number of nitrogens with zero attached hydrogens (tertiary/aromatic N) is 4. The Hall–Kier alpha value is -2.58. The lowest BCUT2D eigenvalue weighted by Crippen LogP contribution is -2.37. The molecule has 1 N–H and O–H groups in total. The summed E-state index contributed by atoms with van der Waals surface area (Å²) < 4.78 is 0. The molecule has 1 atom stereocenters. The average molecular weight is 386 g/mol. The average Bonchev–Trinajstić information content (AvgIpc) is 3.10. The summed E-state index contributed by atoms with van der Waals surface area (Å²) in [6, 6.07) is 4.62. The monoisotopic (exact) mass is 386 g/mol. The molecule has 2 aromatic rings. The van der Waals surface area contributed by atoms with Crippen molar-refractivity contribution in [3.05, 3.63) is 57.0 Å². The second kappa shape index (κ2) is 7.58. The minimum atomic E-state index is -0.715. The van der Waals surface area contributed by atoms with Crippen molar-refractivity contribution in [1.82, 2.24) is 19.8 Å². The number of carbonyl (C=O) groups is 2. The Bertz CT molecular complexity index is 905. The van der Waals surface area contributed by atoms with Gasteiger partial charge in [-0.15, -0.1) is 11.3 Å². The molecule has 0 bridgehead atoms. The molecule has 1 aliphatic rings. The van der Waals surface area contributed by atoms with Gasteiger partial charge in [0.25, 0.3) is 5.91 Å². The van der Waals surface area contributed by atoms with Crippen LogP contribution >= 0.6 is 11.3 Å². The van der Waals surface area contributed by atoms with Gasteiger partial charge in [-0.2, -0.15) is 0 Å². The van der Waals surface area contributed by atoms with Crippen molar-refractivity contribution < 1.29 is 14.7 Å². The highest BCUT2D eigenvalue weighted by Crippen LogP contribution is 2.39. The Morgan fingerprint density at radius 1 is 1.33 bits per heavy atom. The molecule has 0 aromatic carbocycles. The van der Waals surface area contributed by atoms with Crippen molar-refractivity contribution >= 4 is 23.0 Å². The van der Waals surface area contributed by atoms with E-state index in [1.807, 2.05) is 25.9 Å². The number of carbonyl (C=O) groups excluding carboxylic acids is 2. The third-order valence-corrected chi connectivity index (χ3v) is 5.49. The molecular formula is C19H22N4O3S. The molecule has 27 heavy (non-hydrogen) atoms. The van der Waals surface area contributed by atoms with Gasteiger partial charge >= 0.3 is 0 Å². The Morgan fingerprint density at radius 3 is 2.63 bits per heavy atom. The molecule has 0 saturated carbocycles. The zero-order valence-corrected chi connectivity index (χ0v) is 16.6. The number of likely N-dealkylation sites (N-methyl/N-ethyl adjacent to an activating group) is 1. The molecule has 0 radical (unpaired) electrons. The van der Waals surface area contributed by atoms with Crippen LogP contribution in [0, 0.1) is 13.8 Å². The van der Waals surface area contributed by atoms with Crippen molar-refractivity contribution in [2.75, 3.05) is 27.2 Å². The Labute approximate surface area is 162 Å². The summed E-state index contributed by atoms with van der Waals surface area (Å²) in [4.78, 5) is 38.5. The fourth-order valence-electron chi connectivity index (χ4n) is 3.13. The molecule has 1 unspecified atom stereocenters. The second-order valence-electron chi connectivity index (χ2n) is 6.70. The van der Waals surface area contributed by atoms with Gasteiger partial charge in [-0.3, -0.25) is 14.6 Å². The van der Waals surface area contributed by atoms with E-state index in [0.717, 1.165) is 5.01 Å². The normalized spacial score (nSPS) is 17.3. The highest BCUT2D eigenvalue weighted by Gasteiger charge is 2.44. The number of amides is 1. The molecule has 142 valence electrons. The first-order valence-electron chi connectivity index (χ1n) is 8.59. The Kier molecular flexibility index (Phi) is 5.38. The maximum Gasteiger partial charge on any atom is 0.290 e. The number of aryl methyl sites for hydroxylation is 2. The van der Waals surface area contributed by atoms with Crippen molar-refractivity contribution in [3.63, 3.8) is 0 Å². The summed E-state index contributed by atoms with van der Waals surface area (Å²) in [6.07, 6.45) is 1.61. The third-order valence-electron chi connectivity index (χ3n) is 4.41. The van der Waals surface area contributed by atoms with Crippen LogP contribution in [0.4, 0.5) is 0 Å². The van der Waals surface area contributed by atoms with E-state index in [0.29, 0.717) is 29.4 Å². The fraction of sp³-hybridized carbons (Fsp3) is 0.368. The van der Waals surface area contributed by atoms with E-state index in [1.165, 1.54) is 16.2 Å². The summed E-state index contributed by atoms with van der Waals surface area (Å²) in [6.45, 7) is 4.55. The molecule has 2 aromatic heterocycles. The molecule has 0 fully saturated rings. The number of ketones is 1. The van der Waals surface area contributed by atoms with E-state index in [1.54, 1.807) is 31.3 Å². The number of aliphatic hydroxyl groups excluding tert-OH is 1. The molecule has 1 amide bonds. The van der Waals surface area contributed by atoms with Crippen LogP contribution in [0.3, 0.4) is 0 Å². The minimum absolute atomic E-state index is 0.0733. The third kappa shape index (κ3) is 3.63. The van der Waals surface area contributed by atoms with E-state index in [-0.39, 0.29) is 11.4 Å². The van der Waals surface area contributed by atoms with E-state index in [4.69, 9.17) is 0 Å². The van der Waals surface area contributed by atoms with Crippen LogP contribution in [-0.2, 0) is 4.79 Å². The molecule has 0 spiro atoms. The molecule has 0 saturated heterocycles. The van der Waals surface area contributed by atoms with Crippen LogP contribution in [-0.4, -0.2) is 63.7 Å². The smallest absolute Gasteiger partial charge is 0.290 e. The fourth-order valence-corrected chi connectivity index (χ4v) is 4.01. The van der Waals surface area contributed by atoms with Gasteiger partial charge in [-0.05, 0) is 40.1 Å². The van der Waals surface area contributed by atoms with E-state index in [2.05, 4.69) is 9.97 Å². The molecule has 7 nitrogen and oxygen atoms in total. The highest BCUT2D eigenvalue weighted by molar-refractivity contribution is 7.14. The van der Waals surface area contributed by atoms with Gasteiger partial charge in [0.1, 0.15) is 6.04 Å². The number of hydrogen-bond donors (Lipinski definition) is 1. The van der Waals surface area contributed by atoms with Gasteiger partial charge in [0.15, 0.2) is 5.76 Å². The van der Waals surface area contributed by atoms with Crippen molar-refractivity contribution in [3.8, 4) is 0 Å². The first-order valence-corrected chi connectivity index (χ1v) is 9.41. The first kappa shape index (κ1) is 19.2. The number of thiazole rings is 1. The topological polar surface area (TPSA) is 86.6 Å². The summed E-state index contributed by atoms with van der Waals surface area (Å²) in [5.41, 5.74) is 1.22. The molecule has 3 heterocycles. The van der Waals surface area contributed by atoms with Crippen LogP contribution in [0.15, 0.2) is 35.7 Å². The molecular weight excluding hydrogens is 364 g/mol. The number of aliphatic hydroxyl groups is 1. The van der Waals surface area contributed by atoms with Crippen molar-refractivity contribution in [2.45, 2.75) is 19.9 Å². The van der Waals surface area contributed by atoms with Gasteiger partial charge in [0.05, 0.1) is 26.8 Å². The lowest BCUT2D eigenvalue weighted by molar-refractivity contribution is -0.129. The van der Waals surface area contributed by atoms with E-state index >= 15 is 0 Å². The lowest BCUT2D eigenvalue weighted by Gasteiger charge is -2.27. The molecule has 0 aliphatic carbocycles. The highest BCUT2D eigenvalue weighted by atomic mass is 32.1. The lowest BCUT2D eigenvalue weighted by atomic mass is 9.98. The zero-order chi connectivity index (χ0) is 19.7. The summed E-state index contributed by atoms with van der Waals surface area (Å²) in [5.74, 6) is -1.42. The Morgan fingerprint density at radius 2 is 2.07 bits per heavy atom. The van der Waals surface area contributed by atoms with Crippen LogP contribution in [0.2, 0.25) is 0 Å². The van der Waals surface area contributed by atoms with E-state index < -0.39 is 17.7 Å². The van der Waals surface area contributed by atoms with Crippen LogP contribution in [0.1, 0.15) is 32.1 Å². The number of rotatable bonds is 6. The quantitative estimate of drug-likeness (QED) is 0.767. The predicted octanol–water partition coefficient (Wildman–Crippen LogP) is 2.29. The largest absolute Gasteiger partial charge is 0.503 e. The first-order chi connectivity index (χ1) is 12.8. The molecule has 1 aliphatic heterocycles. The van der Waals surface area contributed by atoms with Gasteiger partial charge in [-0.25, -0.2) is 4.98 Å². The van der Waals surface area contributed by atoms with Crippen LogP contribution < -0.4 is 0 Å². The Balaban J connectivity index is 2.07. The SMILES string of the molecule is Cc1nc(C)c(C(=O)C2=C(O)C(=O)N(CCN(C)C)C2c2ccccn2)s1. The standard InChI is InChI=1S/C19H22N4O3S/c1-11-18(27-12(2)21-11)16(24)14-15(13-7-5-6-8-20-13)23(10-9-22(3)4)19(26)17(14)25/h5-8,15,25H,9-10H2,1-4H3. The summed E-state index contributed by atoms with van der Waals surface area (Å²) in [7, 11) is 3.80. The van der Waals surface area contributed by atoms with Crippen molar-refractivity contribution in [1.29, 1.82) is 0 Å². The maximum absolute atomic E-state index is 13.2. The van der Waals surface area contributed by atoms with Crippen molar-refractivity contribution in [2.24, 2.45) is 0 Å². The number of Topliss-reactive ketones (excluding diaryl/α,β-unsaturated/α-hetero) is 1.